The van der Waals surface area contributed by atoms with Crippen LogP contribution < -0.4 is 5.32 Å². The minimum absolute atomic E-state index is 0.512. The summed E-state index contributed by atoms with van der Waals surface area (Å²) >= 11 is 0. The lowest BCUT2D eigenvalue weighted by molar-refractivity contribution is 0.311. The number of allylic oxidation sites excluding steroid dienone is 3. The summed E-state index contributed by atoms with van der Waals surface area (Å²) in [5, 5.41) is 3.30. The molecule has 1 nitrogen and oxygen atoms in total. The van der Waals surface area contributed by atoms with Crippen LogP contribution in [0.5, 0.6) is 0 Å². The Morgan fingerprint density at radius 1 is 1.17 bits per heavy atom. The molecule has 1 aliphatic carbocycles. The molecular formula is C11H17N. The van der Waals surface area contributed by atoms with Crippen molar-refractivity contribution in [2.45, 2.75) is 32.1 Å². The number of hydrogen-bond donors (Lipinski definition) is 1. The highest BCUT2D eigenvalue weighted by atomic mass is 14.8. The van der Waals surface area contributed by atoms with Crippen molar-refractivity contribution >= 4 is 0 Å². The maximum Gasteiger partial charge on any atom is 0.0149 e. The van der Waals surface area contributed by atoms with Gasteiger partial charge in [-0.1, -0.05) is 18.2 Å². The Morgan fingerprint density at radius 3 is 3.00 bits per heavy atom. The molecule has 0 saturated heterocycles. The molecule has 0 aromatic rings. The molecule has 0 fully saturated rings. The standard InChI is InChI=1S/C11H17N/c1-2-5-11(6-3-1)7-4-9-12-10-8-11/h2,4-5,9,12H,1,3,6-8,10H2. The van der Waals surface area contributed by atoms with Crippen molar-refractivity contribution in [1.29, 1.82) is 0 Å². The van der Waals surface area contributed by atoms with Crippen LogP contribution in [0.3, 0.4) is 0 Å². The predicted molar refractivity (Wildman–Crippen MR) is 51.8 cm³/mol. The van der Waals surface area contributed by atoms with Gasteiger partial charge in [0, 0.05) is 6.54 Å². The fourth-order valence-electron chi connectivity index (χ4n) is 2.25. The van der Waals surface area contributed by atoms with Gasteiger partial charge in [-0.15, -0.1) is 0 Å². The van der Waals surface area contributed by atoms with Crippen molar-refractivity contribution < 1.29 is 0 Å². The average Bonchev–Trinajstić information content (AvgIpc) is 2.33. The van der Waals surface area contributed by atoms with Gasteiger partial charge in [-0.05, 0) is 43.7 Å². The van der Waals surface area contributed by atoms with Gasteiger partial charge in [0.05, 0.1) is 0 Å². The van der Waals surface area contributed by atoms with Crippen molar-refractivity contribution in [2.24, 2.45) is 5.41 Å². The minimum Gasteiger partial charge on any atom is -0.391 e. The van der Waals surface area contributed by atoms with Crippen LogP contribution in [0.25, 0.3) is 0 Å². The lowest BCUT2D eigenvalue weighted by Gasteiger charge is -2.31. The van der Waals surface area contributed by atoms with Crippen molar-refractivity contribution in [1.82, 2.24) is 5.32 Å². The monoisotopic (exact) mass is 163 g/mol. The van der Waals surface area contributed by atoms with Crippen LogP contribution in [-0.4, -0.2) is 6.54 Å². The van der Waals surface area contributed by atoms with Gasteiger partial charge < -0.3 is 5.32 Å². The normalized spacial score (nSPS) is 34.7. The summed E-state index contributed by atoms with van der Waals surface area (Å²) in [5.41, 5.74) is 0.512. The molecule has 1 N–H and O–H groups in total. The zero-order valence-electron chi connectivity index (χ0n) is 7.55. The number of rotatable bonds is 0. The molecule has 0 radical (unpaired) electrons. The highest BCUT2D eigenvalue weighted by Gasteiger charge is 2.27. The van der Waals surface area contributed by atoms with Gasteiger partial charge >= 0.3 is 0 Å². The summed E-state index contributed by atoms with van der Waals surface area (Å²) in [6.07, 6.45) is 15.8. The summed E-state index contributed by atoms with van der Waals surface area (Å²) < 4.78 is 0. The lowest BCUT2D eigenvalue weighted by Crippen LogP contribution is -2.22. The van der Waals surface area contributed by atoms with Crippen molar-refractivity contribution in [2.75, 3.05) is 6.54 Å². The smallest absolute Gasteiger partial charge is 0.0149 e. The van der Waals surface area contributed by atoms with E-state index < -0.39 is 0 Å². The van der Waals surface area contributed by atoms with E-state index in [4.69, 9.17) is 0 Å². The first-order valence-corrected chi connectivity index (χ1v) is 4.97. The SMILES string of the molecule is C1=CC2(CC=CNCC2)CCC1. The Balaban J connectivity index is 2.11. The third kappa shape index (κ3) is 1.55. The zero-order valence-corrected chi connectivity index (χ0v) is 7.55. The fraction of sp³-hybridized carbons (Fsp3) is 0.636. The molecule has 1 spiro atoms. The second-order valence-corrected chi connectivity index (χ2v) is 3.97. The van der Waals surface area contributed by atoms with E-state index in [0.29, 0.717) is 5.41 Å². The second kappa shape index (κ2) is 3.34. The van der Waals surface area contributed by atoms with Gasteiger partial charge in [0.15, 0.2) is 0 Å². The Labute approximate surface area is 74.5 Å². The van der Waals surface area contributed by atoms with E-state index in [1.807, 2.05) is 0 Å². The molecule has 2 aliphatic rings. The van der Waals surface area contributed by atoms with Gasteiger partial charge in [-0.3, -0.25) is 0 Å². The Bertz CT molecular complexity index is 205. The van der Waals surface area contributed by atoms with E-state index in [9.17, 15) is 0 Å². The molecule has 0 aromatic carbocycles. The van der Waals surface area contributed by atoms with Crippen molar-refractivity contribution in [3.8, 4) is 0 Å². The Kier molecular flexibility index (Phi) is 2.20. The van der Waals surface area contributed by atoms with E-state index in [2.05, 4.69) is 29.7 Å². The largest absolute Gasteiger partial charge is 0.391 e. The van der Waals surface area contributed by atoms with Crippen molar-refractivity contribution in [3.63, 3.8) is 0 Å². The van der Waals surface area contributed by atoms with Gasteiger partial charge in [0.25, 0.3) is 0 Å². The van der Waals surface area contributed by atoms with E-state index in [1.54, 1.807) is 0 Å². The molecule has 0 bridgehead atoms. The van der Waals surface area contributed by atoms with E-state index in [0.717, 1.165) is 6.54 Å². The van der Waals surface area contributed by atoms with Crippen LogP contribution in [-0.2, 0) is 0 Å². The molecule has 2 rings (SSSR count). The number of nitrogens with one attached hydrogen (secondary N) is 1. The van der Waals surface area contributed by atoms with Crippen molar-refractivity contribution in [3.05, 3.63) is 24.4 Å². The first-order valence-electron chi connectivity index (χ1n) is 4.97. The molecule has 0 aromatic heterocycles. The molecule has 66 valence electrons. The quantitative estimate of drug-likeness (QED) is 0.541. The first kappa shape index (κ1) is 7.90. The van der Waals surface area contributed by atoms with Gasteiger partial charge in [-0.2, -0.15) is 0 Å². The average molecular weight is 163 g/mol. The minimum atomic E-state index is 0.512. The van der Waals surface area contributed by atoms with E-state index in [-0.39, 0.29) is 0 Å². The van der Waals surface area contributed by atoms with Crippen LogP contribution in [0.15, 0.2) is 24.4 Å². The maximum absolute atomic E-state index is 3.30. The van der Waals surface area contributed by atoms with Crippen LogP contribution in [0.4, 0.5) is 0 Å². The molecule has 1 heterocycles. The maximum atomic E-state index is 3.30. The van der Waals surface area contributed by atoms with Crippen LogP contribution in [0.2, 0.25) is 0 Å². The molecule has 1 heteroatoms. The third-order valence-corrected chi connectivity index (χ3v) is 3.04. The Hall–Kier alpha value is -0.720. The topological polar surface area (TPSA) is 12.0 Å². The van der Waals surface area contributed by atoms with Crippen LogP contribution in [0.1, 0.15) is 32.1 Å². The summed E-state index contributed by atoms with van der Waals surface area (Å²) in [6.45, 7) is 1.14. The molecule has 1 atom stereocenters. The highest BCUT2D eigenvalue weighted by Crippen LogP contribution is 2.38. The summed E-state index contributed by atoms with van der Waals surface area (Å²) in [6, 6.07) is 0. The summed E-state index contributed by atoms with van der Waals surface area (Å²) in [4.78, 5) is 0. The highest BCUT2D eigenvalue weighted by molar-refractivity contribution is 5.08. The van der Waals surface area contributed by atoms with Gasteiger partial charge in [0.2, 0.25) is 0 Å². The summed E-state index contributed by atoms with van der Waals surface area (Å²) in [5.74, 6) is 0. The molecule has 0 amide bonds. The molecule has 1 aliphatic heterocycles. The summed E-state index contributed by atoms with van der Waals surface area (Å²) in [7, 11) is 0. The molecule has 0 saturated carbocycles. The van der Waals surface area contributed by atoms with Crippen LogP contribution >= 0.6 is 0 Å². The predicted octanol–water partition coefficient (Wildman–Crippen LogP) is 2.61. The second-order valence-electron chi connectivity index (χ2n) is 3.97. The van der Waals surface area contributed by atoms with Gasteiger partial charge in [-0.25, -0.2) is 0 Å². The number of hydrogen-bond acceptors (Lipinski definition) is 1. The first-order chi connectivity index (χ1) is 5.91. The van der Waals surface area contributed by atoms with Crippen LogP contribution in [0, 0.1) is 5.41 Å². The van der Waals surface area contributed by atoms with E-state index >= 15 is 0 Å². The Morgan fingerprint density at radius 2 is 2.17 bits per heavy atom. The van der Waals surface area contributed by atoms with Gasteiger partial charge in [0.1, 0.15) is 0 Å². The van der Waals surface area contributed by atoms with E-state index in [1.165, 1.54) is 32.1 Å². The molecule has 1 unspecified atom stereocenters. The third-order valence-electron chi connectivity index (χ3n) is 3.04. The molecule has 12 heavy (non-hydrogen) atoms. The fourth-order valence-corrected chi connectivity index (χ4v) is 2.25. The zero-order chi connectivity index (χ0) is 8.28. The molecular weight excluding hydrogens is 146 g/mol. The lowest BCUT2D eigenvalue weighted by atomic mass is 9.74.